The standard InChI is InChI=1S/C24H28F2N6O3.C2H6/c1-23(2,15-33)30-22(35)31(3)20-5-4-19(14-28-20)32-11-7-18-12-17(13-29-21(18)32)6-8-24(25,26)9-10-27-16-34;1-2/h4-5,7,11-16H,6,8-10H2,1-3H3,(H,27,34)(H,30,35);1-2H3. The lowest BCUT2D eigenvalue weighted by Crippen LogP contribution is -2.50. The minimum Gasteiger partial charge on any atom is -0.358 e. The summed E-state index contributed by atoms with van der Waals surface area (Å²) in [6.07, 6.45) is 5.45. The molecular formula is C26H34F2N6O3. The number of hydrogen-bond acceptors (Lipinski definition) is 5. The first-order chi connectivity index (χ1) is 17.5. The zero-order valence-corrected chi connectivity index (χ0v) is 21.8. The average Bonchev–Trinajstić information content (AvgIpc) is 3.31. The summed E-state index contributed by atoms with van der Waals surface area (Å²) in [4.78, 5) is 43.7. The average molecular weight is 517 g/mol. The summed E-state index contributed by atoms with van der Waals surface area (Å²) in [5.74, 6) is -2.49. The fraction of sp³-hybridized carbons (Fsp3) is 0.423. The summed E-state index contributed by atoms with van der Waals surface area (Å²) in [7, 11) is 1.55. The number of pyridine rings is 2. The largest absolute Gasteiger partial charge is 0.358 e. The van der Waals surface area contributed by atoms with Crippen molar-refractivity contribution >= 4 is 35.6 Å². The first kappa shape index (κ1) is 29.3. The lowest BCUT2D eigenvalue weighted by Gasteiger charge is -2.24. The lowest BCUT2D eigenvalue weighted by molar-refractivity contribution is -0.112. The molecule has 37 heavy (non-hydrogen) atoms. The predicted molar refractivity (Wildman–Crippen MR) is 139 cm³/mol. The van der Waals surface area contributed by atoms with Gasteiger partial charge in [0, 0.05) is 44.2 Å². The first-order valence-electron chi connectivity index (χ1n) is 12.0. The van der Waals surface area contributed by atoms with E-state index in [1.54, 1.807) is 51.6 Å². The van der Waals surface area contributed by atoms with Crippen molar-refractivity contribution < 1.29 is 23.2 Å². The highest BCUT2D eigenvalue weighted by molar-refractivity contribution is 5.92. The number of aryl methyl sites for hydroxylation is 1. The molecule has 0 aliphatic carbocycles. The Morgan fingerprint density at radius 3 is 2.46 bits per heavy atom. The molecule has 9 nitrogen and oxygen atoms in total. The van der Waals surface area contributed by atoms with Gasteiger partial charge in [-0.2, -0.15) is 0 Å². The summed E-state index contributed by atoms with van der Waals surface area (Å²) >= 11 is 0. The highest BCUT2D eigenvalue weighted by atomic mass is 19.3. The number of urea groups is 1. The van der Waals surface area contributed by atoms with Gasteiger partial charge in [0.25, 0.3) is 0 Å². The molecule has 0 aliphatic heterocycles. The SMILES string of the molecule is CC.CN(C(=O)NC(C)(C)C=O)c1ccc(-n2ccc3cc(CCC(F)(F)CCNC=O)cnc32)cn1. The van der Waals surface area contributed by atoms with Crippen LogP contribution in [0.15, 0.2) is 42.9 Å². The quantitative estimate of drug-likeness (QED) is 0.292. The van der Waals surface area contributed by atoms with Gasteiger partial charge in [0.1, 0.15) is 17.8 Å². The number of carbonyl (C=O) groups excluding carboxylic acids is 3. The fourth-order valence-corrected chi connectivity index (χ4v) is 3.39. The third-order valence-corrected chi connectivity index (χ3v) is 5.46. The molecule has 200 valence electrons. The monoisotopic (exact) mass is 516 g/mol. The number of rotatable bonds is 11. The lowest BCUT2D eigenvalue weighted by atomic mass is 10.0. The number of fused-ring (bicyclic) bond motifs is 1. The van der Waals surface area contributed by atoms with Gasteiger partial charge >= 0.3 is 6.03 Å². The highest BCUT2D eigenvalue weighted by Crippen LogP contribution is 2.26. The molecule has 3 amide bonds. The normalized spacial score (nSPS) is 11.3. The Bertz CT molecular complexity index is 1190. The van der Waals surface area contributed by atoms with Crippen LogP contribution >= 0.6 is 0 Å². The van der Waals surface area contributed by atoms with Gasteiger partial charge in [0.2, 0.25) is 12.3 Å². The number of nitrogens with zero attached hydrogens (tertiary/aromatic N) is 4. The number of halogens is 2. The molecule has 3 heterocycles. The van der Waals surface area contributed by atoms with Crippen molar-refractivity contribution in [1.29, 1.82) is 0 Å². The van der Waals surface area contributed by atoms with Crippen LogP contribution in [0, 0.1) is 0 Å². The molecular weight excluding hydrogens is 482 g/mol. The highest BCUT2D eigenvalue weighted by Gasteiger charge is 2.28. The summed E-state index contributed by atoms with van der Waals surface area (Å²) in [6, 6.07) is 6.65. The molecule has 3 aromatic heterocycles. The number of nitrogens with one attached hydrogen (secondary N) is 2. The van der Waals surface area contributed by atoms with Crippen LogP contribution in [0.3, 0.4) is 0 Å². The molecule has 0 aliphatic rings. The summed E-state index contributed by atoms with van der Waals surface area (Å²) in [5.41, 5.74) is 1.05. The van der Waals surface area contributed by atoms with E-state index in [9.17, 15) is 23.2 Å². The molecule has 11 heteroatoms. The number of carbonyl (C=O) groups is 3. The van der Waals surface area contributed by atoms with Crippen molar-refractivity contribution in [2.24, 2.45) is 0 Å². The Labute approximate surface area is 215 Å². The van der Waals surface area contributed by atoms with E-state index in [1.807, 2.05) is 30.5 Å². The van der Waals surface area contributed by atoms with Crippen molar-refractivity contribution in [3.63, 3.8) is 0 Å². The Morgan fingerprint density at radius 1 is 1.11 bits per heavy atom. The van der Waals surface area contributed by atoms with Gasteiger partial charge in [-0.15, -0.1) is 0 Å². The van der Waals surface area contributed by atoms with Gasteiger partial charge in [0.05, 0.1) is 17.4 Å². The van der Waals surface area contributed by atoms with Crippen LogP contribution in [0.2, 0.25) is 0 Å². The van der Waals surface area contributed by atoms with Crippen molar-refractivity contribution in [2.45, 2.75) is 58.4 Å². The fourth-order valence-electron chi connectivity index (χ4n) is 3.39. The summed E-state index contributed by atoms with van der Waals surface area (Å²) in [5, 5.41) is 5.66. The van der Waals surface area contributed by atoms with E-state index in [-0.39, 0.29) is 19.4 Å². The topological polar surface area (TPSA) is 109 Å². The van der Waals surface area contributed by atoms with Crippen LogP contribution in [-0.4, -0.2) is 58.3 Å². The second-order valence-corrected chi connectivity index (χ2v) is 8.82. The van der Waals surface area contributed by atoms with Gasteiger partial charge in [-0.25, -0.2) is 23.5 Å². The third-order valence-electron chi connectivity index (χ3n) is 5.46. The van der Waals surface area contributed by atoms with Crippen LogP contribution in [0.25, 0.3) is 16.7 Å². The molecule has 0 spiro atoms. The van der Waals surface area contributed by atoms with E-state index in [0.717, 1.165) is 5.39 Å². The molecule has 3 aromatic rings. The van der Waals surface area contributed by atoms with E-state index in [1.165, 1.54) is 4.90 Å². The summed E-state index contributed by atoms with van der Waals surface area (Å²) in [6.45, 7) is 7.12. The van der Waals surface area contributed by atoms with Crippen LogP contribution in [0.5, 0.6) is 0 Å². The Hall–Kier alpha value is -3.89. The molecule has 0 aromatic carbocycles. The van der Waals surface area contributed by atoms with E-state index in [4.69, 9.17) is 0 Å². The third kappa shape index (κ3) is 8.06. The van der Waals surface area contributed by atoms with Gasteiger partial charge in [-0.3, -0.25) is 14.3 Å². The van der Waals surface area contributed by atoms with Crippen molar-refractivity contribution in [3.05, 3.63) is 48.4 Å². The van der Waals surface area contributed by atoms with Crippen LogP contribution in [0.1, 0.15) is 46.1 Å². The predicted octanol–water partition coefficient (Wildman–Crippen LogP) is 4.27. The minimum absolute atomic E-state index is 0.0688. The second-order valence-electron chi connectivity index (χ2n) is 8.82. The number of aldehydes is 1. The maximum atomic E-state index is 14.0. The smallest absolute Gasteiger partial charge is 0.323 e. The zero-order valence-electron chi connectivity index (χ0n) is 21.8. The number of alkyl halides is 2. The second kappa shape index (κ2) is 12.9. The first-order valence-corrected chi connectivity index (χ1v) is 12.0. The Kier molecular flexibility index (Phi) is 10.2. The van der Waals surface area contributed by atoms with Crippen molar-refractivity contribution in [3.8, 4) is 5.69 Å². The molecule has 3 rings (SSSR count). The Balaban J connectivity index is 0.00000235. The van der Waals surface area contributed by atoms with Crippen LogP contribution < -0.4 is 15.5 Å². The van der Waals surface area contributed by atoms with Crippen molar-refractivity contribution in [2.75, 3.05) is 18.5 Å². The van der Waals surface area contributed by atoms with E-state index < -0.39 is 23.9 Å². The molecule has 0 fully saturated rings. The number of amides is 3. The van der Waals surface area contributed by atoms with Crippen molar-refractivity contribution in [1.82, 2.24) is 25.2 Å². The minimum atomic E-state index is -2.88. The molecule has 0 atom stereocenters. The number of hydrogen-bond donors (Lipinski definition) is 2. The van der Waals surface area contributed by atoms with Crippen LogP contribution in [-0.2, 0) is 16.0 Å². The summed E-state index contributed by atoms with van der Waals surface area (Å²) < 4.78 is 29.8. The molecule has 2 N–H and O–H groups in total. The van der Waals surface area contributed by atoms with Gasteiger partial charge in [-0.05, 0) is 50.1 Å². The maximum Gasteiger partial charge on any atom is 0.323 e. The maximum absolute atomic E-state index is 14.0. The van der Waals surface area contributed by atoms with E-state index in [0.29, 0.717) is 35.4 Å². The van der Waals surface area contributed by atoms with Crippen LogP contribution in [0.4, 0.5) is 19.4 Å². The van der Waals surface area contributed by atoms with Gasteiger partial charge in [-0.1, -0.05) is 13.8 Å². The van der Waals surface area contributed by atoms with E-state index >= 15 is 0 Å². The molecule has 0 unspecified atom stereocenters. The molecule has 0 radical (unpaired) electrons. The molecule has 0 saturated carbocycles. The molecule has 0 saturated heterocycles. The Morgan fingerprint density at radius 2 is 1.84 bits per heavy atom. The van der Waals surface area contributed by atoms with Gasteiger partial charge in [0.15, 0.2) is 0 Å². The van der Waals surface area contributed by atoms with Gasteiger partial charge < -0.3 is 15.4 Å². The number of aromatic nitrogens is 3. The zero-order chi connectivity index (χ0) is 27.6. The van der Waals surface area contributed by atoms with E-state index in [2.05, 4.69) is 20.6 Å². The number of anilines is 1. The molecule has 0 bridgehead atoms.